The van der Waals surface area contributed by atoms with E-state index in [1.807, 2.05) is 30.3 Å². The minimum Gasteiger partial charge on any atom is -0.483 e. The summed E-state index contributed by atoms with van der Waals surface area (Å²) in [5, 5.41) is 6.89. The smallest absolute Gasteiger partial charge is 0.290 e. The van der Waals surface area contributed by atoms with Crippen LogP contribution in [0, 0.1) is 0 Å². The molecule has 0 unspecified atom stereocenters. The maximum atomic E-state index is 8.36. The third-order valence-electron chi connectivity index (χ3n) is 1.64. The summed E-state index contributed by atoms with van der Waals surface area (Å²) in [4.78, 5) is 16.5. The molecule has 2 rings (SSSR count). The average Bonchev–Trinajstić information content (AvgIpc) is 2.32. The second kappa shape index (κ2) is 6.26. The number of hydrogen-bond acceptors (Lipinski definition) is 3. The van der Waals surface area contributed by atoms with Crippen LogP contribution < -0.4 is 0 Å². The molecule has 0 spiro atoms. The number of aromatic nitrogens is 2. The normalized spacial score (nSPS) is 8.53. The summed E-state index contributed by atoms with van der Waals surface area (Å²) < 4.78 is 0. The van der Waals surface area contributed by atoms with Crippen LogP contribution in [0.1, 0.15) is 0 Å². The lowest BCUT2D eigenvalue weighted by atomic mass is 10.2. The van der Waals surface area contributed by atoms with Crippen LogP contribution in [0.3, 0.4) is 0 Å². The van der Waals surface area contributed by atoms with Gasteiger partial charge in [0.05, 0.1) is 5.69 Å². The van der Waals surface area contributed by atoms with Gasteiger partial charge in [0.25, 0.3) is 6.47 Å². The Morgan fingerprint density at radius 1 is 1.07 bits per heavy atom. The molecule has 0 aliphatic carbocycles. The van der Waals surface area contributed by atoms with Gasteiger partial charge < -0.3 is 5.11 Å². The fourth-order valence-corrected chi connectivity index (χ4v) is 1.06. The lowest BCUT2D eigenvalue weighted by molar-refractivity contribution is -0.122. The predicted octanol–water partition coefficient (Wildman–Crippen LogP) is 1.84. The highest BCUT2D eigenvalue weighted by Crippen LogP contribution is 2.13. The Bertz CT molecular complexity index is 352. The number of carboxylic acid groups (broad SMARTS) is 1. The number of pyridine rings is 2. The quantitative estimate of drug-likeness (QED) is 0.717. The Balaban J connectivity index is 0.000000337. The summed E-state index contributed by atoms with van der Waals surface area (Å²) in [5.41, 5.74) is 2.09. The molecule has 0 aromatic carbocycles. The largest absolute Gasteiger partial charge is 0.483 e. The average molecular weight is 202 g/mol. The van der Waals surface area contributed by atoms with Crippen molar-refractivity contribution in [3.63, 3.8) is 0 Å². The molecule has 76 valence electrons. The van der Waals surface area contributed by atoms with E-state index in [0.29, 0.717) is 0 Å². The first kappa shape index (κ1) is 10.8. The molecule has 4 nitrogen and oxygen atoms in total. The van der Waals surface area contributed by atoms with Crippen LogP contribution in [-0.2, 0) is 4.79 Å². The van der Waals surface area contributed by atoms with Crippen LogP contribution in [0.15, 0.2) is 48.9 Å². The summed E-state index contributed by atoms with van der Waals surface area (Å²) in [6.45, 7) is -0.250. The molecule has 0 fully saturated rings. The van der Waals surface area contributed by atoms with Gasteiger partial charge >= 0.3 is 0 Å². The molecule has 0 aliphatic heterocycles. The summed E-state index contributed by atoms with van der Waals surface area (Å²) in [6, 6.07) is 9.76. The van der Waals surface area contributed by atoms with Gasteiger partial charge in [-0.15, -0.1) is 0 Å². The lowest BCUT2D eigenvalue weighted by Gasteiger charge is -1.96. The molecule has 15 heavy (non-hydrogen) atoms. The van der Waals surface area contributed by atoms with Crippen LogP contribution in [0.4, 0.5) is 0 Å². The molecule has 2 aromatic heterocycles. The van der Waals surface area contributed by atoms with Gasteiger partial charge in [-0.25, -0.2) is 0 Å². The first-order valence-electron chi connectivity index (χ1n) is 4.27. The zero-order valence-corrected chi connectivity index (χ0v) is 7.95. The molecule has 0 radical (unpaired) electrons. The molecule has 0 atom stereocenters. The second-order valence-electron chi connectivity index (χ2n) is 2.56. The van der Waals surface area contributed by atoms with Crippen LogP contribution in [0.25, 0.3) is 11.3 Å². The monoisotopic (exact) mass is 202 g/mol. The zero-order valence-electron chi connectivity index (χ0n) is 7.95. The van der Waals surface area contributed by atoms with E-state index in [9.17, 15) is 0 Å². The zero-order chi connectivity index (χ0) is 10.9. The van der Waals surface area contributed by atoms with E-state index < -0.39 is 0 Å². The van der Waals surface area contributed by atoms with E-state index in [-0.39, 0.29) is 6.47 Å². The van der Waals surface area contributed by atoms with Crippen molar-refractivity contribution in [3.8, 4) is 11.3 Å². The number of carbonyl (C=O) groups is 1. The van der Waals surface area contributed by atoms with E-state index in [2.05, 4.69) is 9.97 Å². The standard InChI is InChI=1S/C10H8N2.CH2O2/c1-2-6-12-10(3-1)9-4-7-11-8-5-9;2-1-3/h1-8H;1H,(H,2,3). The van der Waals surface area contributed by atoms with Crippen molar-refractivity contribution in [2.24, 2.45) is 0 Å². The molecular formula is C11H10N2O2. The molecule has 0 saturated heterocycles. The molecule has 1 N–H and O–H groups in total. The Morgan fingerprint density at radius 2 is 1.73 bits per heavy atom. The van der Waals surface area contributed by atoms with Gasteiger partial charge in [-0.1, -0.05) is 6.07 Å². The highest BCUT2D eigenvalue weighted by Gasteiger charge is 1.94. The van der Waals surface area contributed by atoms with Gasteiger partial charge in [-0.3, -0.25) is 14.8 Å². The first-order chi connectivity index (χ1) is 7.38. The molecule has 2 aromatic rings. The van der Waals surface area contributed by atoms with Crippen LogP contribution in [0.2, 0.25) is 0 Å². The SMILES string of the molecule is O=CO.c1ccc(-c2ccncc2)nc1. The Hall–Kier alpha value is -2.23. The van der Waals surface area contributed by atoms with Crippen molar-refractivity contribution in [2.45, 2.75) is 0 Å². The van der Waals surface area contributed by atoms with E-state index in [0.717, 1.165) is 11.3 Å². The van der Waals surface area contributed by atoms with Crippen LogP contribution in [0.5, 0.6) is 0 Å². The summed E-state index contributed by atoms with van der Waals surface area (Å²) >= 11 is 0. The predicted molar refractivity (Wildman–Crippen MR) is 56.2 cm³/mol. The Labute approximate surface area is 87.3 Å². The van der Waals surface area contributed by atoms with Crippen molar-refractivity contribution in [3.05, 3.63) is 48.9 Å². The summed E-state index contributed by atoms with van der Waals surface area (Å²) in [5.74, 6) is 0. The molecule has 2 heterocycles. The number of hydrogen-bond donors (Lipinski definition) is 1. The Morgan fingerprint density at radius 3 is 2.27 bits per heavy atom. The summed E-state index contributed by atoms with van der Waals surface area (Å²) in [7, 11) is 0. The van der Waals surface area contributed by atoms with Crippen molar-refractivity contribution in [1.82, 2.24) is 9.97 Å². The van der Waals surface area contributed by atoms with Crippen molar-refractivity contribution < 1.29 is 9.90 Å². The minimum absolute atomic E-state index is 0.250. The maximum absolute atomic E-state index is 8.36. The van der Waals surface area contributed by atoms with Gasteiger partial charge in [0, 0.05) is 24.2 Å². The molecule has 0 amide bonds. The van der Waals surface area contributed by atoms with Gasteiger partial charge in [0.1, 0.15) is 0 Å². The highest BCUT2D eigenvalue weighted by atomic mass is 16.3. The molecular weight excluding hydrogens is 192 g/mol. The summed E-state index contributed by atoms with van der Waals surface area (Å²) in [6.07, 6.45) is 5.32. The third kappa shape index (κ3) is 3.56. The van der Waals surface area contributed by atoms with Gasteiger partial charge in [0.15, 0.2) is 0 Å². The third-order valence-corrected chi connectivity index (χ3v) is 1.64. The topological polar surface area (TPSA) is 63.1 Å². The molecule has 0 aliphatic rings. The molecule has 0 bridgehead atoms. The first-order valence-corrected chi connectivity index (χ1v) is 4.27. The maximum Gasteiger partial charge on any atom is 0.290 e. The second-order valence-corrected chi connectivity index (χ2v) is 2.56. The van der Waals surface area contributed by atoms with Crippen molar-refractivity contribution in [2.75, 3.05) is 0 Å². The Kier molecular flexibility index (Phi) is 4.53. The van der Waals surface area contributed by atoms with E-state index in [1.165, 1.54) is 0 Å². The number of nitrogens with zero attached hydrogens (tertiary/aromatic N) is 2. The fourth-order valence-electron chi connectivity index (χ4n) is 1.06. The van der Waals surface area contributed by atoms with E-state index >= 15 is 0 Å². The van der Waals surface area contributed by atoms with Gasteiger partial charge in [0.2, 0.25) is 0 Å². The van der Waals surface area contributed by atoms with Crippen molar-refractivity contribution in [1.29, 1.82) is 0 Å². The van der Waals surface area contributed by atoms with Crippen molar-refractivity contribution >= 4 is 6.47 Å². The molecule has 4 heteroatoms. The van der Waals surface area contributed by atoms with Gasteiger partial charge in [-0.05, 0) is 24.3 Å². The van der Waals surface area contributed by atoms with Gasteiger partial charge in [-0.2, -0.15) is 0 Å². The lowest BCUT2D eigenvalue weighted by Crippen LogP contribution is -1.80. The van der Waals surface area contributed by atoms with Crippen LogP contribution >= 0.6 is 0 Å². The molecule has 0 saturated carbocycles. The minimum atomic E-state index is -0.250. The number of rotatable bonds is 1. The van der Waals surface area contributed by atoms with Crippen LogP contribution in [-0.4, -0.2) is 21.5 Å². The highest BCUT2D eigenvalue weighted by molar-refractivity contribution is 5.57. The van der Waals surface area contributed by atoms with E-state index in [1.54, 1.807) is 18.6 Å². The fraction of sp³-hybridized carbons (Fsp3) is 0. The van der Waals surface area contributed by atoms with E-state index in [4.69, 9.17) is 9.90 Å².